The Morgan fingerprint density at radius 3 is 2.78 bits per heavy atom. The van der Waals surface area contributed by atoms with Crippen LogP contribution in [0.5, 0.6) is 5.75 Å². The SMILES string of the molecule is NC(=O)c1c(SCC(=O)NCc2ccccc2Cl)sc2c(O)cc(=O)[nH]c12. The number of nitrogens with two attached hydrogens (primary N) is 1. The zero-order chi connectivity index (χ0) is 19.6. The molecule has 0 aliphatic carbocycles. The summed E-state index contributed by atoms with van der Waals surface area (Å²) in [7, 11) is 0. The molecule has 140 valence electrons. The Hall–Kier alpha value is -2.49. The lowest BCUT2D eigenvalue weighted by Crippen LogP contribution is -2.24. The monoisotopic (exact) mass is 423 g/mol. The van der Waals surface area contributed by atoms with Crippen molar-refractivity contribution >= 4 is 56.7 Å². The van der Waals surface area contributed by atoms with Gasteiger partial charge >= 0.3 is 0 Å². The fraction of sp³-hybridized carbons (Fsp3) is 0.118. The van der Waals surface area contributed by atoms with Gasteiger partial charge in [0.15, 0.2) is 0 Å². The first kappa shape index (κ1) is 19.3. The Labute approximate surface area is 166 Å². The summed E-state index contributed by atoms with van der Waals surface area (Å²) in [6.45, 7) is 0.280. The van der Waals surface area contributed by atoms with Crippen molar-refractivity contribution < 1.29 is 14.7 Å². The van der Waals surface area contributed by atoms with E-state index in [4.69, 9.17) is 17.3 Å². The fourth-order valence-electron chi connectivity index (χ4n) is 2.40. The van der Waals surface area contributed by atoms with Gasteiger partial charge in [0.25, 0.3) is 11.5 Å². The number of nitrogens with one attached hydrogen (secondary N) is 2. The second kappa shape index (κ2) is 8.03. The average molecular weight is 424 g/mol. The lowest BCUT2D eigenvalue weighted by molar-refractivity contribution is -0.118. The number of rotatable bonds is 6. The summed E-state index contributed by atoms with van der Waals surface area (Å²) < 4.78 is 0.782. The van der Waals surface area contributed by atoms with Gasteiger partial charge in [-0.25, -0.2) is 0 Å². The van der Waals surface area contributed by atoms with Gasteiger partial charge in [-0.1, -0.05) is 29.8 Å². The summed E-state index contributed by atoms with van der Waals surface area (Å²) in [4.78, 5) is 38.0. The summed E-state index contributed by atoms with van der Waals surface area (Å²) in [5, 5.41) is 13.2. The van der Waals surface area contributed by atoms with Gasteiger partial charge in [0.2, 0.25) is 5.91 Å². The van der Waals surface area contributed by atoms with Gasteiger partial charge in [0.05, 0.1) is 25.7 Å². The van der Waals surface area contributed by atoms with E-state index < -0.39 is 11.5 Å². The van der Waals surface area contributed by atoms with Crippen LogP contribution in [0.15, 0.2) is 39.3 Å². The topological polar surface area (TPSA) is 125 Å². The number of primary amides is 1. The Kier molecular flexibility index (Phi) is 5.73. The first-order valence-corrected chi connectivity index (χ1v) is 9.86. The van der Waals surface area contributed by atoms with Gasteiger partial charge in [-0.05, 0) is 11.6 Å². The Morgan fingerprint density at radius 2 is 2.07 bits per heavy atom. The number of fused-ring (bicyclic) bond motifs is 1. The van der Waals surface area contributed by atoms with E-state index in [1.807, 2.05) is 12.1 Å². The molecule has 3 aromatic rings. The number of hydrogen-bond acceptors (Lipinski definition) is 6. The largest absolute Gasteiger partial charge is 0.506 e. The highest BCUT2D eigenvalue weighted by Gasteiger charge is 2.21. The molecule has 0 saturated carbocycles. The summed E-state index contributed by atoms with van der Waals surface area (Å²) in [6, 6.07) is 8.20. The predicted octanol–water partition coefficient (Wildman–Crippen LogP) is 2.46. The number of carbonyl (C=O) groups is 2. The number of hydrogen-bond donors (Lipinski definition) is 4. The molecule has 0 aliphatic rings. The predicted molar refractivity (Wildman–Crippen MR) is 107 cm³/mol. The first-order valence-electron chi connectivity index (χ1n) is 7.68. The molecule has 0 aliphatic heterocycles. The molecule has 0 unspecified atom stereocenters. The minimum Gasteiger partial charge on any atom is -0.506 e. The van der Waals surface area contributed by atoms with E-state index in [0.29, 0.717) is 13.9 Å². The normalized spacial score (nSPS) is 10.9. The van der Waals surface area contributed by atoms with Crippen molar-refractivity contribution in [1.82, 2.24) is 10.3 Å². The van der Waals surface area contributed by atoms with Crippen LogP contribution >= 0.6 is 34.7 Å². The number of pyridine rings is 1. The van der Waals surface area contributed by atoms with E-state index in [-0.39, 0.29) is 35.0 Å². The molecule has 1 aromatic carbocycles. The summed E-state index contributed by atoms with van der Waals surface area (Å²) in [5.74, 6) is -1.22. The maximum absolute atomic E-state index is 12.1. The van der Waals surface area contributed by atoms with Gasteiger partial charge in [0.1, 0.15) is 5.75 Å². The van der Waals surface area contributed by atoms with Crippen molar-refractivity contribution in [3.8, 4) is 5.75 Å². The molecule has 10 heteroatoms. The van der Waals surface area contributed by atoms with Crippen molar-refractivity contribution in [3.63, 3.8) is 0 Å². The lowest BCUT2D eigenvalue weighted by atomic mass is 10.2. The van der Waals surface area contributed by atoms with Gasteiger partial charge in [-0.2, -0.15) is 0 Å². The Bertz CT molecular complexity index is 1090. The van der Waals surface area contributed by atoms with Crippen molar-refractivity contribution in [1.29, 1.82) is 0 Å². The van der Waals surface area contributed by atoms with Crippen LogP contribution in [0.1, 0.15) is 15.9 Å². The molecule has 0 spiro atoms. The molecule has 0 fully saturated rings. The average Bonchev–Trinajstić information content (AvgIpc) is 2.98. The molecule has 27 heavy (non-hydrogen) atoms. The third-order valence-corrected chi connectivity index (χ3v) is 6.49. The molecule has 2 heterocycles. The molecular formula is C17H14ClN3O4S2. The lowest BCUT2D eigenvalue weighted by Gasteiger charge is -2.06. The van der Waals surface area contributed by atoms with Crippen LogP contribution in [-0.4, -0.2) is 27.7 Å². The fourth-order valence-corrected chi connectivity index (χ4v) is 4.89. The Morgan fingerprint density at radius 1 is 1.33 bits per heavy atom. The number of H-pyrrole nitrogens is 1. The second-order valence-corrected chi connectivity index (χ2v) is 8.18. The zero-order valence-corrected chi connectivity index (χ0v) is 16.1. The van der Waals surface area contributed by atoms with Gasteiger partial charge in [0, 0.05) is 17.6 Å². The number of aromatic hydroxyl groups is 1. The van der Waals surface area contributed by atoms with E-state index >= 15 is 0 Å². The number of thiophene rings is 1. The standard InChI is InChI=1S/C17H14ClN3O4S2/c18-9-4-2-1-3-8(9)6-20-12(24)7-26-17-13(16(19)25)14-15(27-17)10(22)5-11(23)21-14/h1-5H,6-7H2,(H2,19,25)(H,20,24)(H2,21,22,23). The van der Waals surface area contributed by atoms with Crippen molar-refractivity contribution in [2.75, 3.05) is 5.75 Å². The zero-order valence-electron chi connectivity index (χ0n) is 13.7. The smallest absolute Gasteiger partial charge is 0.252 e. The number of aromatic nitrogens is 1. The van der Waals surface area contributed by atoms with Gasteiger partial charge < -0.3 is 21.1 Å². The number of halogens is 1. The Balaban J connectivity index is 1.75. The van der Waals surface area contributed by atoms with Crippen LogP contribution in [0.2, 0.25) is 5.02 Å². The van der Waals surface area contributed by atoms with E-state index in [2.05, 4.69) is 10.3 Å². The maximum atomic E-state index is 12.1. The minimum absolute atomic E-state index is 0.0303. The highest BCUT2D eigenvalue weighted by Crippen LogP contribution is 2.40. The van der Waals surface area contributed by atoms with E-state index in [1.165, 1.54) is 0 Å². The second-order valence-electron chi connectivity index (χ2n) is 5.51. The van der Waals surface area contributed by atoms with Crippen LogP contribution in [-0.2, 0) is 11.3 Å². The molecule has 7 nitrogen and oxygen atoms in total. The quantitative estimate of drug-likeness (QED) is 0.453. The number of amides is 2. The molecule has 3 rings (SSSR count). The molecule has 0 atom stereocenters. The van der Waals surface area contributed by atoms with Crippen LogP contribution in [0.4, 0.5) is 0 Å². The van der Waals surface area contributed by atoms with Crippen LogP contribution < -0.4 is 16.6 Å². The van der Waals surface area contributed by atoms with Gasteiger partial charge in [-0.15, -0.1) is 23.1 Å². The molecule has 0 saturated heterocycles. The highest BCUT2D eigenvalue weighted by atomic mass is 35.5. The molecule has 5 N–H and O–H groups in total. The molecule has 2 amide bonds. The first-order chi connectivity index (χ1) is 12.9. The van der Waals surface area contributed by atoms with E-state index in [9.17, 15) is 19.5 Å². The summed E-state index contributed by atoms with van der Waals surface area (Å²) in [5.41, 5.74) is 5.93. The molecule has 0 radical (unpaired) electrons. The number of aromatic amines is 1. The summed E-state index contributed by atoms with van der Waals surface area (Å²) >= 11 is 8.24. The van der Waals surface area contributed by atoms with E-state index in [1.54, 1.807) is 12.1 Å². The number of carbonyl (C=O) groups excluding carboxylic acids is 2. The van der Waals surface area contributed by atoms with Crippen LogP contribution in [0.25, 0.3) is 10.2 Å². The van der Waals surface area contributed by atoms with Crippen LogP contribution in [0.3, 0.4) is 0 Å². The van der Waals surface area contributed by atoms with Crippen LogP contribution in [0, 0.1) is 0 Å². The molecular weight excluding hydrogens is 410 g/mol. The third kappa shape index (κ3) is 4.26. The molecule has 2 aromatic heterocycles. The maximum Gasteiger partial charge on any atom is 0.252 e. The van der Waals surface area contributed by atoms with E-state index in [0.717, 1.165) is 34.7 Å². The van der Waals surface area contributed by atoms with Crippen molar-refractivity contribution in [2.24, 2.45) is 5.73 Å². The highest BCUT2D eigenvalue weighted by molar-refractivity contribution is 8.02. The number of benzene rings is 1. The van der Waals surface area contributed by atoms with Crippen molar-refractivity contribution in [2.45, 2.75) is 10.8 Å². The minimum atomic E-state index is -0.749. The third-order valence-electron chi connectivity index (χ3n) is 3.64. The number of thioether (sulfide) groups is 1. The van der Waals surface area contributed by atoms with Gasteiger partial charge in [-0.3, -0.25) is 14.4 Å². The van der Waals surface area contributed by atoms with Crippen molar-refractivity contribution in [3.05, 3.63) is 56.8 Å². The summed E-state index contributed by atoms with van der Waals surface area (Å²) in [6.07, 6.45) is 0. The molecule has 0 bridgehead atoms.